The largest absolute Gasteiger partial charge is 0.371 e. The molecule has 1 aromatic heterocycles. The molecular weight excluding hydrogens is 338 g/mol. The molecule has 1 amide bonds. The first-order valence-corrected chi connectivity index (χ1v) is 9.08. The van der Waals surface area contributed by atoms with Crippen LogP contribution in [-0.2, 0) is 4.79 Å². The van der Waals surface area contributed by atoms with Gasteiger partial charge in [0.2, 0.25) is 5.91 Å². The van der Waals surface area contributed by atoms with Gasteiger partial charge in [-0.2, -0.15) is 0 Å². The van der Waals surface area contributed by atoms with E-state index in [0.29, 0.717) is 11.4 Å². The number of piperidine rings is 1. The van der Waals surface area contributed by atoms with Gasteiger partial charge in [0.1, 0.15) is 11.3 Å². The highest BCUT2D eigenvalue weighted by molar-refractivity contribution is 5.92. The molecule has 1 atom stereocenters. The summed E-state index contributed by atoms with van der Waals surface area (Å²) < 4.78 is 27.7. The third-order valence-electron chi connectivity index (χ3n) is 5.64. The summed E-state index contributed by atoms with van der Waals surface area (Å²) in [5.74, 6) is -1.48. The summed E-state index contributed by atoms with van der Waals surface area (Å²) in [7, 11) is 0. The van der Waals surface area contributed by atoms with Gasteiger partial charge in [0.25, 0.3) is 0 Å². The Morgan fingerprint density at radius 1 is 1.15 bits per heavy atom. The van der Waals surface area contributed by atoms with Gasteiger partial charge in [-0.3, -0.25) is 14.7 Å². The van der Waals surface area contributed by atoms with Crippen molar-refractivity contribution >= 4 is 22.5 Å². The lowest BCUT2D eigenvalue weighted by Gasteiger charge is -2.39. The molecule has 0 spiro atoms. The molecule has 3 heterocycles. The zero-order valence-electron chi connectivity index (χ0n) is 14.5. The maximum absolute atomic E-state index is 14.0. The molecule has 5 nitrogen and oxygen atoms in total. The van der Waals surface area contributed by atoms with Crippen LogP contribution in [0.5, 0.6) is 0 Å². The first-order chi connectivity index (χ1) is 12.5. The molecule has 1 unspecified atom stereocenters. The van der Waals surface area contributed by atoms with E-state index in [1.54, 1.807) is 6.20 Å². The summed E-state index contributed by atoms with van der Waals surface area (Å²) in [5.41, 5.74) is 6.53. The number of aromatic nitrogens is 1. The van der Waals surface area contributed by atoms with E-state index < -0.39 is 11.6 Å². The van der Waals surface area contributed by atoms with E-state index in [1.807, 2.05) is 6.07 Å². The molecule has 2 aliphatic rings. The molecule has 1 aromatic carbocycles. The summed E-state index contributed by atoms with van der Waals surface area (Å²) in [6.45, 7) is 2.45. The number of nitrogens with two attached hydrogens (primary N) is 1. The third-order valence-corrected chi connectivity index (χ3v) is 5.64. The van der Waals surface area contributed by atoms with Crippen LogP contribution in [0.2, 0.25) is 0 Å². The molecule has 26 heavy (non-hydrogen) atoms. The smallest absolute Gasteiger partial charge is 0.234 e. The van der Waals surface area contributed by atoms with Gasteiger partial charge in [0.05, 0.1) is 6.04 Å². The van der Waals surface area contributed by atoms with Gasteiger partial charge in [0, 0.05) is 42.5 Å². The van der Waals surface area contributed by atoms with Crippen LogP contribution in [0.1, 0.15) is 25.7 Å². The van der Waals surface area contributed by atoms with Crippen LogP contribution < -0.4 is 10.6 Å². The number of benzene rings is 1. The van der Waals surface area contributed by atoms with Gasteiger partial charge in [-0.05, 0) is 44.4 Å². The van der Waals surface area contributed by atoms with Crippen molar-refractivity contribution in [1.29, 1.82) is 0 Å². The predicted molar refractivity (Wildman–Crippen MR) is 95.8 cm³/mol. The molecule has 4 rings (SSSR count). The fourth-order valence-corrected chi connectivity index (χ4v) is 4.41. The van der Waals surface area contributed by atoms with Crippen LogP contribution in [0.25, 0.3) is 10.9 Å². The molecule has 0 aliphatic carbocycles. The van der Waals surface area contributed by atoms with E-state index in [-0.39, 0.29) is 17.5 Å². The van der Waals surface area contributed by atoms with E-state index in [4.69, 9.17) is 5.73 Å². The molecule has 2 saturated heterocycles. The van der Waals surface area contributed by atoms with Crippen LogP contribution in [0.4, 0.5) is 14.5 Å². The van der Waals surface area contributed by atoms with Crippen molar-refractivity contribution in [3.05, 3.63) is 36.0 Å². The summed E-state index contributed by atoms with van der Waals surface area (Å²) >= 11 is 0. The molecule has 0 bridgehead atoms. The van der Waals surface area contributed by atoms with Crippen LogP contribution >= 0.6 is 0 Å². The van der Waals surface area contributed by atoms with Gasteiger partial charge in [-0.1, -0.05) is 0 Å². The van der Waals surface area contributed by atoms with E-state index in [2.05, 4.69) is 14.8 Å². The second-order valence-electron chi connectivity index (χ2n) is 7.13. The van der Waals surface area contributed by atoms with Gasteiger partial charge in [-0.15, -0.1) is 0 Å². The number of halogens is 2. The number of likely N-dealkylation sites (tertiary alicyclic amines) is 1. The van der Waals surface area contributed by atoms with Crippen LogP contribution in [0.15, 0.2) is 24.4 Å². The number of carbonyl (C=O) groups excluding carboxylic acids is 1. The van der Waals surface area contributed by atoms with Crippen molar-refractivity contribution in [2.45, 2.75) is 37.8 Å². The molecule has 2 aromatic rings. The number of nitrogens with zero attached hydrogens (tertiary/aromatic N) is 3. The second-order valence-corrected chi connectivity index (χ2v) is 7.13. The minimum atomic E-state index is -0.641. The highest BCUT2D eigenvalue weighted by Gasteiger charge is 2.35. The molecule has 0 radical (unpaired) electrons. The average Bonchev–Trinajstić information content (AvgIpc) is 3.11. The van der Waals surface area contributed by atoms with E-state index in [1.165, 1.54) is 6.07 Å². The first-order valence-electron chi connectivity index (χ1n) is 9.08. The summed E-state index contributed by atoms with van der Waals surface area (Å²) in [6, 6.07) is 4.19. The topological polar surface area (TPSA) is 62.5 Å². The summed E-state index contributed by atoms with van der Waals surface area (Å²) in [5, 5.41) is 0.500. The Balaban J connectivity index is 1.54. The normalized spacial score (nSPS) is 22.2. The van der Waals surface area contributed by atoms with Crippen molar-refractivity contribution in [3.8, 4) is 0 Å². The van der Waals surface area contributed by atoms with Crippen molar-refractivity contribution in [2.24, 2.45) is 5.73 Å². The van der Waals surface area contributed by atoms with Crippen LogP contribution in [0, 0.1) is 11.6 Å². The molecule has 2 N–H and O–H groups in total. The van der Waals surface area contributed by atoms with Crippen molar-refractivity contribution in [3.63, 3.8) is 0 Å². The minimum absolute atomic E-state index is 0.156. The summed E-state index contributed by atoms with van der Waals surface area (Å²) in [6.07, 6.45) is 5.19. The number of pyridine rings is 1. The lowest BCUT2D eigenvalue weighted by Crippen LogP contribution is -2.50. The number of rotatable bonds is 3. The monoisotopic (exact) mass is 360 g/mol. The Kier molecular flexibility index (Phi) is 4.48. The highest BCUT2D eigenvalue weighted by Crippen LogP contribution is 2.32. The molecule has 7 heteroatoms. The Morgan fingerprint density at radius 2 is 1.92 bits per heavy atom. The van der Waals surface area contributed by atoms with E-state index >= 15 is 0 Å². The SMILES string of the molecule is NC(=O)C1CCCN1C1CCN(c2ccnc3c(F)cc(F)cc23)CC1. The molecule has 2 fully saturated rings. The Morgan fingerprint density at radius 3 is 2.65 bits per heavy atom. The standard InChI is InChI=1S/C19H22F2N4O/c20-12-10-14-16(3-6-23-18(14)15(21)11-12)24-8-4-13(5-9-24)25-7-1-2-17(25)19(22)26/h3,6,10-11,13,17H,1-2,4-5,7-9H2,(H2,22,26). The van der Waals surface area contributed by atoms with E-state index in [0.717, 1.165) is 57.1 Å². The van der Waals surface area contributed by atoms with Crippen LogP contribution in [-0.4, -0.2) is 47.5 Å². The zero-order chi connectivity index (χ0) is 18.3. The minimum Gasteiger partial charge on any atom is -0.371 e. The maximum Gasteiger partial charge on any atom is 0.234 e. The van der Waals surface area contributed by atoms with Crippen molar-refractivity contribution in [2.75, 3.05) is 24.5 Å². The molecule has 138 valence electrons. The number of primary amides is 1. The van der Waals surface area contributed by atoms with E-state index in [9.17, 15) is 13.6 Å². The quantitative estimate of drug-likeness (QED) is 0.913. The number of hydrogen-bond donors (Lipinski definition) is 1. The fraction of sp³-hybridized carbons (Fsp3) is 0.474. The van der Waals surface area contributed by atoms with Gasteiger partial charge < -0.3 is 10.6 Å². The summed E-state index contributed by atoms with van der Waals surface area (Å²) in [4.78, 5) is 20.1. The number of anilines is 1. The zero-order valence-corrected chi connectivity index (χ0v) is 14.5. The van der Waals surface area contributed by atoms with Crippen LogP contribution in [0.3, 0.4) is 0 Å². The van der Waals surface area contributed by atoms with Gasteiger partial charge in [0.15, 0.2) is 5.82 Å². The van der Waals surface area contributed by atoms with Gasteiger partial charge in [-0.25, -0.2) is 8.78 Å². The Labute approximate surface area is 150 Å². The maximum atomic E-state index is 14.0. The van der Waals surface area contributed by atoms with Crippen molar-refractivity contribution in [1.82, 2.24) is 9.88 Å². The lowest BCUT2D eigenvalue weighted by atomic mass is 10.0. The number of amides is 1. The first kappa shape index (κ1) is 17.1. The molecular formula is C19H22F2N4O. The third kappa shape index (κ3) is 3.00. The lowest BCUT2D eigenvalue weighted by molar-refractivity contribution is -0.123. The fourth-order valence-electron chi connectivity index (χ4n) is 4.41. The second kappa shape index (κ2) is 6.79. The Hall–Kier alpha value is -2.28. The average molecular weight is 360 g/mol. The number of hydrogen-bond acceptors (Lipinski definition) is 4. The van der Waals surface area contributed by atoms with Gasteiger partial charge >= 0.3 is 0 Å². The van der Waals surface area contributed by atoms with Crippen molar-refractivity contribution < 1.29 is 13.6 Å². The predicted octanol–water partition coefficient (Wildman–Crippen LogP) is 2.43. The highest BCUT2D eigenvalue weighted by atomic mass is 19.1. The number of fused-ring (bicyclic) bond motifs is 1. The molecule has 0 saturated carbocycles. The number of carbonyl (C=O) groups is 1. The molecule has 2 aliphatic heterocycles. The Bertz CT molecular complexity index is 836.